The maximum Gasteiger partial charge on any atom is 0.220 e. The van der Waals surface area contributed by atoms with Crippen molar-refractivity contribution in [2.75, 3.05) is 27.7 Å². The number of methoxy groups -OCH3 is 1. The van der Waals surface area contributed by atoms with Crippen molar-refractivity contribution in [3.8, 4) is 5.75 Å². The van der Waals surface area contributed by atoms with Crippen molar-refractivity contribution in [1.82, 2.24) is 10.2 Å². The SMILES string of the molecule is COc1cccc(C(CNC(=O)CCCc2ccccc2)N(C)C)c1. The van der Waals surface area contributed by atoms with Crippen LogP contribution in [0.5, 0.6) is 5.75 Å². The largest absolute Gasteiger partial charge is 0.497 e. The van der Waals surface area contributed by atoms with Gasteiger partial charge in [0.05, 0.1) is 13.2 Å². The molecule has 0 spiro atoms. The molecule has 25 heavy (non-hydrogen) atoms. The van der Waals surface area contributed by atoms with Crippen LogP contribution in [0.4, 0.5) is 0 Å². The summed E-state index contributed by atoms with van der Waals surface area (Å²) >= 11 is 0. The first-order chi connectivity index (χ1) is 12.1. The average molecular weight is 340 g/mol. The maximum absolute atomic E-state index is 12.2. The van der Waals surface area contributed by atoms with Gasteiger partial charge in [0, 0.05) is 13.0 Å². The molecule has 0 aliphatic rings. The lowest BCUT2D eigenvalue weighted by Crippen LogP contribution is -2.34. The van der Waals surface area contributed by atoms with E-state index < -0.39 is 0 Å². The third kappa shape index (κ3) is 6.24. The lowest BCUT2D eigenvalue weighted by Gasteiger charge is -2.25. The number of hydrogen-bond acceptors (Lipinski definition) is 3. The van der Waals surface area contributed by atoms with Gasteiger partial charge in [0.2, 0.25) is 5.91 Å². The zero-order valence-corrected chi connectivity index (χ0v) is 15.4. The minimum Gasteiger partial charge on any atom is -0.497 e. The van der Waals surface area contributed by atoms with E-state index in [4.69, 9.17) is 4.74 Å². The van der Waals surface area contributed by atoms with Gasteiger partial charge >= 0.3 is 0 Å². The van der Waals surface area contributed by atoms with Gasteiger partial charge in [0.25, 0.3) is 0 Å². The van der Waals surface area contributed by atoms with Crippen LogP contribution in [0.3, 0.4) is 0 Å². The van der Waals surface area contributed by atoms with Gasteiger partial charge in [-0.1, -0.05) is 42.5 Å². The molecule has 1 atom stereocenters. The summed E-state index contributed by atoms with van der Waals surface area (Å²) in [7, 11) is 5.70. The Labute approximate surface area is 150 Å². The summed E-state index contributed by atoms with van der Waals surface area (Å²) in [6.45, 7) is 0.588. The van der Waals surface area contributed by atoms with Crippen LogP contribution in [0, 0.1) is 0 Å². The fourth-order valence-corrected chi connectivity index (χ4v) is 2.84. The van der Waals surface area contributed by atoms with Gasteiger partial charge in [0.1, 0.15) is 5.75 Å². The molecule has 0 bridgehead atoms. The van der Waals surface area contributed by atoms with E-state index >= 15 is 0 Å². The predicted octanol–water partition coefficient (Wildman–Crippen LogP) is 3.44. The van der Waals surface area contributed by atoms with Crippen LogP contribution in [0.2, 0.25) is 0 Å². The molecule has 1 unspecified atom stereocenters. The molecule has 1 N–H and O–H groups in total. The molecule has 0 heterocycles. The fraction of sp³-hybridized carbons (Fsp3) is 0.381. The van der Waals surface area contributed by atoms with Crippen LogP contribution in [-0.2, 0) is 11.2 Å². The van der Waals surface area contributed by atoms with Gasteiger partial charge in [-0.2, -0.15) is 0 Å². The van der Waals surface area contributed by atoms with Crippen molar-refractivity contribution in [3.63, 3.8) is 0 Å². The number of carbonyl (C=O) groups is 1. The second-order valence-corrected chi connectivity index (χ2v) is 6.40. The van der Waals surface area contributed by atoms with E-state index in [1.807, 2.05) is 50.5 Å². The van der Waals surface area contributed by atoms with Gasteiger partial charge in [0.15, 0.2) is 0 Å². The predicted molar refractivity (Wildman–Crippen MR) is 102 cm³/mol. The van der Waals surface area contributed by atoms with Crippen LogP contribution < -0.4 is 10.1 Å². The molecule has 134 valence electrons. The first kappa shape index (κ1) is 19.0. The van der Waals surface area contributed by atoms with Crippen molar-refractivity contribution in [3.05, 3.63) is 65.7 Å². The Morgan fingerprint density at radius 2 is 1.88 bits per heavy atom. The fourth-order valence-electron chi connectivity index (χ4n) is 2.84. The van der Waals surface area contributed by atoms with Crippen LogP contribution in [0.15, 0.2) is 54.6 Å². The molecule has 0 saturated heterocycles. The second kappa shape index (κ2) is 9.84. The minimum atomic E-state index is 0.102. The molecule has 0 fully saturated rings. The average Bonchev–Trinajstić information content (AvgIpc) is 2.62. The van der Waals surface area contributed by atoms with E-state index in [1.165, 1.54) is 5.56 Å². The number of amides is 1. The van der Waals surface area contributed by atoms with Crippen LogP contribution in [-0.4, -0.2) is 38.6 Å². The number of ether oxygens (including phenoxy) is 1. The summed E-state index contributed by atoms with van der Waals surface area (Å²) in [5, 5.41) is 3.06. The van der Waals surface area contributed by atoms with Gasteiger partial charge in [-0.05, 0) is 50.2 Å². The third-order valence-electron chi connectivity index (χ3n) is 4.31. The van der Waals surface area contributed by atoms with E-state index in [-0.39, 0.29) is 11.9 Å². The molecule has 0 aliphatic carbocycles. The smallest absolute Gasteiger partial charge is 0.220 e. The van der Waals surface area contributed by atoms with Crippen LogP contribution >= 0.6 is 0 Å². The Bertz CT molecular complexity index is 656. The number of benzene rings is 2. The van der Waals surface area contributed by atoms with Crippen molar-refractivity contribution in [1.29, 1.82) is 0 Å². The number of aryl methyl sites for hydroxylation is 1. The lowest BCUT2D eigenvalue weighted by atomic mass is 10.1. The highest BCUT2D eigenvalue weighted by atomic mass is 16.5. The summed E-state index contributed by atoms with van der Waals surface area (Å²) in [6.07, 6.45) is 2.34. The number of rotatable bonds is 9. The van der Waals surface area contributed by atoms with Gasteiger partial charge in [-0.3, -0.25) is 4.79 Å². The molecule has 2 aromatic rings. The van der Waals surface area contributed by atoms with Gasteiger partial charge in [-0.15, -0.1) is 0 Å². The summed E-state index contributed by atoms with van der Waals surface area (Å²) in [4.78, 5) is 14.3. The van der Waals surface area contributed by atoms with E-state index in [1.54, 1.807) is 7.11 Å². The number of nitrogens with zero attached hydrogens (tertiary/aromatic N) is 1. The topological polar surface area (TPSA) is 41.6 Å². The number of likely N-dealkylation sites (N-methyl/N-ethyl adjacent to an activating group) is 1. The molecule has 4 heteroatoms. The highest BCUT2D eigenvalue weighted by Crippen LogP contribution is 2.22. The molecule has 0 aliphatic heterocycles. The lowest BCUT2D eigenvalue weighted by molar-refractivity contribution is -0.121. The molecular weight excluding hydrogens is 312 g/mol. The van der Waals surface area contributed by atoms with E-state index in [0.29, 0.717) is 13.0 Å². The first-order valence-corrected chi connectivity index (χ1v) is 8.71. The van der Waals surface area contributed by atoms with E-state index in [0.717, 1.165) is 24.2 Å². The highest BCUT2D eigenvalue weighted by Gasteiger charge is 2.15. The molecule has 2 rings (SSSR count). The summed E-state index contributed by atoms with van der Waals surface area (Å²) in [5.74, 6) is 0.934. The van der Waals surface area contributed by atoms with Crippen molar-refractivity contribution < 1.29 is 9.53 Å². The second-order valence-electron chi connectivity index (χ2n) is 6.40. The normalized spacial score (nSPS) is 12.0. The number of nitrogens with one attached hydrogen (secondary N) is 1. The zero-order valence-electron chi connectivity index (χ0n) is 15.4. The van der Waals surface area contributed by atoms with E-state index in [2.05, 4.69) is 28.4 Å². The molecule has 1 amide bonds. The molecule has 0 saturated carbocycles. The summed E-state index contributed by atoms with van der Waals surface area (Å²) < 4.78 is 5.30. The maximum atomic E-state index is 12.2. The Morgan fingerprint density at radius 1 is 1.12 bits per heavy atom. The van der Waals surface area contributed by atoms with Crippen molar-refractivity contribution >= 4 is 5.91 Å². The number of carbonyl (C=O) groups excluding carboxylic acids is 1. The van der Waals surface area contributed by atoms with Gasteiger partial charge in [-0.25, -0.2) is 0 Å². The Kier molecular flexibility index (Phi) is 7.48. The van der Waals surface area contributed by atoms with Gasteiger partial charge < -0.3 is 15.0 Å². The Hall–Kier alpha value is -2.33. The standard InChI is InChI=1S/C21H28N2O2/c1-23(2)20(18-12-8-13-19(15-18)25-3)16-22-21(24)14-7-11-17-9-5-4-6-10-17/h4-6,8-10,12-13,15,20H,7,11,14,16H2,1-3H3,(H,22,24). The third-order valence-corrected chi connectivity index (χ3v) is 4.31. The summed E-state index contributed by atoms with van der Waals surface area (Å²) in [5.41, 5.74) is 2.41. The zero-order chi connectivity index (χ0) is 18.1. The van der Waals surface area contributed by atoms with E-state index in [9.17, 15) is 4.79 Å². The van der Waals surface area contributed by atoms with Crippen molar-refractivity contribution in [2.45, 2.75) is 25.3 Å². The van der Waals surface area contributed by atoms with Crippen LogP contribution in [0.1, 0.15) is 30.0 Å². The Balaban J connectivity index is 1.82. The molecule has 4 nitrogen and oxygen atoms in total. The first-order valence-electron chi connectivity index (χ1n) is 8.71. The molecule has 0 aromatic heterocycles. The van der Waals surface area contributed by atoms with Crippen molar-refractivity contribution in [2.24, 2.45) is 0 Å². The Morgan fingerprint density at radius 3 is 2.56 bits per heavy atom. The molecule has 0 radical (unpaired) electrons. The highest BCUT2D eigenvalue weighted by molar-refractivity contribution is 5.75. The molecule has 2 aromatic carbocycles. The molecular formula is C21H28N2O2. The number of hydrogen-bond donors (Lipinski definition) is 1. The van der Waals surface area contributed by atoms with Crippen LogP contribution in [0.25, 0.3) is 0 Å². The quantitative estimate of drug-likeness (QED) is 0.760. The summed E-state index contributed by atoms with van der Waals surface area (Å²) in [6, 6.07) is 18.4. The monoisotopic (exact) mass is 340 g/mol. The minimum absolute atomic E-state index is 0.102.